The van der Waals surface area contributed by atoms with Crippen LogP contribution in [0.3, 0.4) is 0 Å². The van der Waals surface area contributed by atoms with Crippen molar-refractivity contribution in [3.8, 4) is 0 Å². The fourth-order valence-corrected chi connectivity index (χ4v) is 5.00. The third-order valence-electron chi connectivity index (χ3n) is 3.66. The van der Waals surface area contributed by atoms with E-state index in [-0.39, 0.29) is 0 Å². The molecule has 0 saturated carbocycles. The maximum absolute atomic E-state index is 5.58. The van der Waals surface area contributed by atoms with Crippen LogP contribution in [0.1, 0.15) is 29.1 Å². The summed E-state index contributed by atoms with van der Waals surface area (Å²) in [5.41, 5.74) is 1.29. The molecule has 0 N–H and O–H groups in total. The van der Waals surface area contributed by atoms with Gasteiger partial charge in [0.15, 0.2) is 0 Å². The number of thioether (sulfide) groups is 1. The van der Waals surface area contributed by atoms with Crippen LogP contribution in [0.25, 0.3) is 10.2 Å². The average molecular weight is 324 g/mol. The normalized spacial score (nSPS) is 15.2. The topological polar surface area (TPSA) is 29.0 Å². The SMILES string of the molecule is Cc1nc(SC(=S)N2CCCC2)c2c(C)c(C)sc2n1. The molecule has 1 aliphatic heterocycles. The van der Waals surface area contributed by atoms with Crippen molar-refractivity contribution < 1.29 is 0 Å². The van der Waals surface area contributed by atoms with Crippen LogP contribution in [0.5, 0.6) is 0 Å². The zero-order valence-electron chi connectivity index (χ0n) is 11.9. The zero-order chi connectivity index (χ0) is 14.3. The van der Waals surface area contributed by atoms with Crippen LogP contribution in [0, 0.1) is 20.8 Å². The van der Waals surface area contributed by atoms with Crippen LogP contribution in [0.15, 0.2) is 5.03 Å². The molecule has 0 aliphatic carbocycles. The van der Waals surface area contributed by atoms with Gasteiger partial charge in [-0.15, -0.1) is 11.3 Å². The monoisotopic (exact) mass is 323 g/mol. The van der Waals surface area contributed by atoms with E-state index in [1.807, 2.05) is 6.92 Å². The summed E-state index contributed by atoms with van der Waals surface area (Å²) >= 11 is 8.95. The van der Waals surface area contributed by atoms with Crippen molar-refractivity contribution in [1.82, 2.24) is 14.9 Å². The molecule has 1 saturated heterocycles. The molecule has 1 aliphatic rings. The molecule has 0 aromatic carbocycles. The van der Waals surface area contributed by atoms with Crippen LogP contribution in [0.4, 0.5) is 0 Å². The first-order chi connectivity index (χ1) is 9.56. The summed E-state index contributed by atoms with van der Waals surface area (Å²) in [7, 11) is 0. The number of fused-ring (bicyclic) bond motifs is 1. The lowest BCUT2D eigenvalue weighted by atomic mass is 10.2. The number of aryl methyl sites for hydroxylation is 3. The number of rotatable bonds is 1. The highest BCUT2D eigenvalue weighted by atomic mass is 32.2. The first-order valence-corrected chi connectivity index (χ1v) is 8.81. The fourth-order valence-electron chi connectivity index (χ4n) is 2.44. The Morgan fingerprint density at radius 3 is 2.60 bits per heavy atom. The van der Waals surface area contributed by atoms with Crippen molar-refractivity contribution >= 4 is 49.9 Å². The molecule has 0 spiro atoms. The van der Waals surface area contributed by atoms with Gasteiger partial charge in [-0.3, -0.25) is 0 Å². The van der Waals surface area contributed by atoms with E-state index in [9.17, 15) is 0 Å². The van der Waals surface area contributed by atoms with Crippen LogP contribution in [0.2, 0.25) is 0 Å². The Labute approximate surface area is 132 Å². The van der Waals surface area contributed by atoms with E-state index in [0.717, 1.165) is 33.1 Å². The Morgan fingerprint density at radius 1 is 1.20 bits per heavy atom. The second kappa shape index (κ2) is 5.58. The molecule has 0 bridgehead atoms. The highest BCUT2D eigenvalue weighted by Crippen LogP contribution is 2.36. The minimum absolute atomic E-state index is 0.825. The van der Waals surface area contributed by atoms with E-state index in [1.54, 1.807) is 23.1 Å². The fraction of sp³-hybridized carbons (Fsp3) is 0.500. The number of nitrogens with zero attached hydrogens (tertiary/aromatic N) is 3. The molecule has 6 heteroatoms. The maximum Gasteiger partial charge on any atom is 0.142 e. The molecule has 1 fully saturated rings. The van der Waals surface area contributed by atoms with Crippen molar-refractivity contribution in [2.75, 3.05) is 13.1 Å². The van der Waals surface area contributed by atoms with E-state index in [0.29, 0.717) is 0 Å². The van der Waals surface area contributed by atoms with E-state index in [1.165, 1.54) is 28.7 Å². The Bertz CT molecular complexity index is 672. The van der Waals surface area contributed by atoms with Gasteiger partial charge < -0.3 is 4.90 Å². The number of hydrogen-bond donors (Lipinski definition) is 0. The number of aromatic nitrogens is 2. The molecular formula is C14H17N3S3. The molecule has 0 atom stereocenters. The Kier molecular flexibility index (Phi) is 3.97. The molecule has 106 valence electrons. The highest BCUT2D eigenvalue weighted by molar-refractivity contribution is 8.23. The predicted molar refractivity (Wildman–Crippen MR) is 90.9 cm³/mol. The standard InChI is InChI=1S/C14H17N3S3/c1-8-9(2)19-12-11(8)13(16-10(3)15-12)20-14(18)17-6-4-5-7-17/h4-7H2,1-3H3. The lowest BCUT2D eigenvalue weighted by molar-refractivity contribution is 0.539. The average Bonchev–Trinajstić information content (AvgIpc) is 2.99. The van der Waals surface area contributed by atoms with Crippen molar-refractivity contribution in [2.45, 2.75) is 38.6 Å². The summed E-state index contributed by atoms with van der Waals surface area (Å²) in [6, 6.07) is 0. The summed E-state index contributed by atoms with van der Waals surface area (Å²) in [5, 5.41) is 2.20. The van der Waals surface area contributed by atoms with Crippen LogP contribution in [-0.2, 0) is 0 Å². The summed E-state index contributed by atoms with van der Waals surface area (Å²) < 4.78 is 0.949. The minimum Gasteiger partial charge on any atom is -0.357 e. The molecule has 0 amide bonds. The molecule has 3 rings (SSSR count). The number of hydrogen-bond acceptors (Lipinski definition) is 5. The molecule has 3 nitrogen and oxygen atoms in total. The molecule has 2 aromatic rings. The van der Waals surface area contributed by atoms with Gasteiger partial charge in [-0.25, -0.2) is 9.97 Å². The van der Waals surface area contributed by atoms with Gasteiger partial charge in [0, 0.05) is 23.4 Å². The quantitative estimate of drug-likeness (QED) is 0.448. The van der Waals surface area contributed by atoms with Gasteiger partial charge in [-0.1, -0.05) is 12.2 Å². The van der Waals surface area contributed by atoms with Gasteiger partial charge in [0.2, 0.25) is 0 Å². The Hall–Kier alpha value is -0.720. The first-order valence-electron chi connectivity index (χ1n) is 6.77. The van der Waals surface area contributed by atoms with Gasteiger partial charge in [-0.05, 0) is 50.9 Å². The maximum atomic E-state index is 5.58. The third-order valence-corrected chi connectivity index (χ3v) is 6.19. The molecule has 2 aromatic heterocycles. The molecular weight excluding hydrogens is 306 g/mol. The number of likely N-dealkylation sites (tertiary alicyclic amines) is 1. The summed E-state index contributed by atoms with van der Waals surface area (Å²) in [4.78, 5) is 13.9. The van der Waals surface area contributed by atoms with Crippen molar-refractivity contribution in [3.05, 3.63) is 16.3 Å². The lowest BCUT2D eigenvalue weighted by Gasteiger charge is -2.17. The molecule has 0 radical (unpaired) electrons. The van der Waals surface area contributed by atoms with Gasteiger partial charge in [0.05, 0.1) is 0 Å². The van der Waals surface area contributed by atoms with E-state index in [2.05, 4.69) is 28.7 Å². The molecule has 3 heterocycles. The molecule has 0 unspecified atom stereocenters. The molecule has 20 heavy (non-hydrogen) atoms. The number of thiophene rings is 1. The van der Waals surface area contributed by atoms with E-state index in [4.69, 9.17) is 12.2 Å². The Balaban J connectivity index is 1.99. The van der Waals surface area contributed by atoms with Gasteiger partial charge in [0.1, 0.15) is 20.0 Å². The predicted octanol–water partition coefficient (Wildman–Crippen LogP) is 4.09. The largest absolute Gasteiger partial charge is 0.357 e. The van der Waals surface area contributed by atoms with Crippen molar-refractivity contribution in [2.24, 2.45) is 0 Å². The minimum atomic E-state index is 0.825. The van der Waals surface area contributed by atoms with Gasteiger partial charge in [0.25, 0.3) is 0 Å². The third kappa shape index (κ3) is 2.56. The summed E-state index contributed by atoms with van der Waals surface area (Å²) in [6.07, 6.45) is 2.49. The van der Waals surface area contributed by atoms with Crippen molar-refractivity contribution in [3.63, 3.8) is 0 Å². The number of thiocarbonyl (C=S) groups is 1. The van der Waals surface area contributed by atoms with E-state index >= 15 is 0 Å². The Morgan fingerprint density at radius 2 is 1.90 bits per heavy atom. The summed E-state index contributed by atoms with van der Waals surface area (Å²) in [5.74, 6) is 0.825. The van der Waals surface area contributed by atoms with Crippen LogP contribution < -0.4 is 0 Å². The smallest absolute Gasteiger partial charge is 0.142 e. The highest BCUT2D eigenvalue weighted by Gasteiger charge is 2.20. The summed E-state index contributed by atoms with van der Waals surface area (Å²) in [6.45, 7) is 8.41. The van der Waals surface area contributed by atoms with Gasteiger partial charge >= 0.3 is 0 Å². The van der Waals surface area contributed by atoms with Gasteiger partial charge in [-0.2, -0.15) is 0 Å². The first kappa shape index (κ1) is 14.2. The van der Waals surface area contributed by atoms with Crippen molar-refractivity contribution in [1.29, 1.82) is 0 Å². The van der Waals surface area contributed by atoms with Crippen LogP contribution >= 0.6 is 35.3 Å². The second-order valence-electron chi connectivity index (χ2n) is 5.10. The van der Waals surface area contributed by atoms with E-state index < -0.39 is 0 Å². The second-order valence-corrected chi connectivity index (χ2v) is 7.93. The zero-order valence-corrected chi connectivity index (χ0v) is 14.3. The lowest BCUT2D eigenvalue weighted by Crippen LogP contribution is -2.23. The van der Waals surface area contributed by atoms with Crippen LogP contribution in [-0.4, -0.2) is 32.3 Å².